The Hall–Kier alpha value is -3.33. The van der Waals surface area contributed by atoms with Crippen LogP contribution in [0.2, 0.25) is 0 Å². The third kappa shape index (κ3) is 49.4. The van der Waals surface area contributed by atoms with Crippen LogP contribution < -0.4 is 5.32 Å². The standard InChI is InChI=1S/C59H101N2O7P/c1-7-10-13-16-19-22-25-27-28-29-30-31-32-34-37-40-43-46-49-52-59(63)68-57(50-47-44-41-38-35-24-21-18-15-12-9-3)56(55-67-69(64,65)66-54-53-61(4,5)6)60-58(62)51-48-45-42-39-36-33-26-23-20-17-14-11-8-2/h10,13,19,22,27-28,30-31,33-34,36-37,42-43,45-47,50,56-57H,7-9,11-12,14-18,20-21,23-26,29,32,35,38-41,44,48-49,51-55H2,1-6H3,(H-,60,62,64,65)/p+1/b13-10-,22-19-,28-27-,31-30-,36-33-,37-34-,45-42+,46-43-,50-47-. The van der Waals surface area contributed by atoms with Crippen LogP contribution in [0.3, 0.4) is 0 Å². The molecule has 0 radical (unpaired) electrons. The molecule has 0 heterocycles. The lowest BCUT2D eigenvalue weighted by Crippen LogP contribution is -2.47. The van der Waals surface area contributed by atoms with Crippen molar-refractivity contribution in [2.24, 2.45) is 0 Å². The summed E-state index contributed by atoms with van der Waals surface area (Å²) in [5.74, 6) is -0.692. The monoisotopic (exact) mass is 982 g/mol. The van der Waals surface area contributed by atoms with E-state index in [4.69, 9.17) is 13.8 Å². The second kappa shape index (κ2) is 48.3. The largest absolute Gasteiger partial charge is 0.472 e. The number of phosphoric acid groups is 1. The third-order valence-corrected chi connectivity index (χ3v) is 12.2. The first-order valence-corrected chi connectivity index (χ1v) is 28.7. The van der Waals surface area contributed by atoms with Crippen LogP contribution in [0.15, 0.2) is 109 Å². The van der Waals surface area contributed by atoms with Crippen LogP contribution in [-0.2, 0) is 27.9 Å². The van der Waals surface area contributed by atoms with Crippen LogP contribution in [0.4, 0.5) is 0 Å². The summed E-state index contributed by atoms with van der Waals surface area (Å²) in [6.45, 7) is 6.75. The van der Waals surface area contributed by atoms with Crippen molar-refractivity contribution in [3.8, 4) is 0 Å². The lowest BCUT2D eigenvalue weighted by Gasteiger charge is -2.27. The second-order valence-corrected chi connectivity index (χ2v) is 20.5. The zero-order valence-corrected chi connectivity index (χ0v) is 45.7. The maximum atomic E-state index is 13.4. The van der Waals surface area contributed by atoms with Gasteiger partial charge in [0.05, 0.1) is 33.8 Å². The normalized spacial score (nSPS) is 14.7. The number of rotatable bonds is 47. The van der Waals surface area contributed by atoms with Crippen molar-refractivity contribution in [3.05, 3.63) is 109 Å². The Morgan fingerprint density at radius 3 is 1.39 bits per heavy atom. The van der Waals surface area contributed by atoms with Gasteiger partial charge in [0.15, 0.2) is 0 Å². The van der Waals surface area contributed by atoms with Crippen molar-refractivity contribution in [1.82, 2.24) is 5.32 Å². The molecule has 0 aliphatic carbocycles. The van der Waals surface area contributed by atoms with E-state index in [9.17, 15) is 19.0 Å². The summed E-state index contributed by atoms with van der Waals surface area (Å²) in [4.78, 5) is 37.4. The number of unbranched alkanes of at least 4 members (excludes halogenated alkanes) is 15. The number of carbonyl (C=O) groups is 2. The smallest absolute Gasteiger partial charge is 0.456 e. The van der Waals surface area contributed by atoms with Crippen LogP contribution >= 0.6 is 7.82 Å². The number of likely N-dealkylation sites (N-methyl/N-ethyl adjacent to an activating group) is 1. The molecule has 2 N–H and O–H groups in total. The molecule has 0 aromatic carbocycles. The number of carbonyl (C=O) groups excluding carboxylic acids is 2. The summed E-state index contributed by atoms with van der Waals surface area (Å²) >= 11 is 0. The second-order valence-electron chi connectivity index (χ2n) is 19.0. The summed E-state index contributed by atoms with van der Waals surface area (Å²) in [6, 6.07) is -0.914. The number of nitrogens with zero attached hydrogens (tertiary/aromatic N) is 1. The van der Waals surface area contributed by atoms with Crippen LogP contribution in [0.25, 0.3) is 0 Å². The minimum Gasteiger partial charge on any atom is -0.456 e. The fraction of sp³-hybridized carbons (Fsp3) is 0.661. The first-order valence-electron chi connectivity index (χ1n) is 27.2. The number of phosphoric ester groups is 1. The van der Waals surface area contributed by atoms with Crippen LogP contribution in [0.1, 0.15) is 201 Å². The van der Waals surface area contributed by atoms with Gasteiger partial charge in [-0.25, -0.2) is 4.57 Å². The van der Waals surface area contributed by atoms with E-state index in [1.807, 2.05) is 45.4 Å². The summed E-state index contributed by atoms with van der Waals surface area (Å²) in [5, 5.41) is 2.97. The van der Waals surface area contributed by atoms with Crippen LogP contribution in [-0.4, -0.2) is 74.3 Å². The molecule has 0 saturated carbocycles. The zero-order valence-electron chi connectivity index (χ0n) is 44.8. The van der Waals surface area contributed by atoms with Gasteiger partial charge in [-0.2, -0.15) is 0 Å². The molecule has 1 amide bonds. The van der Waals surface area contributed by atoms with Crippen LogP contribution in [0.5, 0.6) is 0 Å². The molecule has 9 nitrogen and oxygen atoms in total. The highest BCUT2D eigenvalue weighted by Crippen LogP contribution is 2.43. The Kier molecular flexibility index (Phi) is 46.0. The predicted molar refractivity (Wildman–Crippen MR) is 295 cm³/mol. The number of hydrogen-bond donors (Lipinski definition) is 2. The van der Waals surface area contributed by atoms with Crippen LogP contribution in [0, 0.1) is 0 Å². The summed E-state index contributed by atoms with van der Waals surface area (Å²) in [7, 11) is 1.41. The summed E-state index contributed by atoms with van der Waals surface area (Å²) in [5.41, 5.74) is 0. The molecule has 0 aromatic heterocycles. The number of allylic oxidation sites excluding steroid dienone is 17. The van der Waals surface area contributed by atoms with Gasteiger partial charge in [-0.1, -0.05) is 208 Å². The van der Waals surface area contributed by atoms with Gasteiger partial charge in [0.1, 0.15) is 19.3 Å². The van der Waals surface area contributed by atoms with Gasteiger partial charge < -0.3 is 19.4 Å². The molecule has 0 rings (SSSR count). The van der Waals surface area contributed by atoms with E-state index >= 15 is 0 Å². The van der Waals surface area contributed by atoms with Gasteiger partial charge in [0, 0.05) is 12.8 Å². The fourth-order valence-electron chi connectivity index (χ4n) is 7.01. The Labute approximate surface area is 423 Å². The van der Waals surface area contributed by atoms with Gasteiger partial charge >= 0.3 is 13.8 Å². The van der Waals surface area contributed by atoms with Crippen molar-refractivity contribution >= 4 is 19.7 Å². The molecule has 3 atom stereocenters. The summed E-state index contributed by atoms with van der Waals surface area (Å²) < 4.78 is 30.4. The van der Waals surface area contributed by atoms with Gasteiger partial charge in [0.2, 0.25) is 5.91 Å². The Balaban J connectivity index is 5.56. The predicted octanol–water partition coefficient (Wildman–Crippen LogP) is 16.2. The molecule has 0 aromatic rings. The highest BCUT2D eigenvalue weighted by atomic mass is 31.2. The average molecular weight is 982 g/mol. The van der Waals surface area contributed by atoms with E-state index in [0.717, 1.165) is 70.6 Å². The SMILES string of the molecule is CC/C=C\C/C=C\C/C=C\C/C=C\C/C=C\C/C=C\CCC(=O)OC(/C=C\CCCCCCCCCCC)C(COP(=O)(O)OCC[N+](C)(C)C)NC(=O)CC/C=C/C/C=C\CCCCCCCC. The molecule has 69 heavy (non-hydrogen) atoms. The quantitative estimate of drug-likeness (QED) is 0.0205. The maximum Gasteiger partial charge on any atom is 0.472 e. The molecule has 3 unspecified atom stereocenters. The molecule has 0 aliphatic rings. The number of amides is 1. The number of nitrogens with one attached hydrogen (secondary N) is 1. The maximum absolute atomic E-state index is 13.4. The zero-order chi connectivity index (χ0) is 50.8. The number of ether oxygens (including phenoxy) is 1. The number of esters is 1. The van der Waals surface area contributed by atoms with Gasteiger partial charge in [-0.15, -0.1) is 0 Å². The van der Waals surface area contributed by atoms with Crippen molar-refractivity contribution in [3.63, 3.8) is 0 Å². The lowest BCUT2D eigenvalue weighted by atomic mass is 10.1. The highest BCUT2D eigenvalue weighted by Gasteiger charge is 2.30. The average Bonchev–Trinajstić information content (AvgIpc) is 3.31. The Morgan fingerprint density at radius 1 is 0.522 bits per heavy atom. The third-order valence-electron chi connectivity index (χ3n) is 11.2. The first-order chi connectivity index (χ1) is 33.4. The van der Waals surface area contributed by atoms with Gasteiger partial charge in [0.25, 0.3) is 0 Å². The van der Waals surface area contributed by atoms with Gasteiger partial charge in [-0.3, -0.25) is 18.6 Å². The number of hydrogen-bond acceptors (Lipinski definition) is 6. The van der Waals surface area contributed by atoms with Crippen molar-refractivity contribution in [2.45, 2.75) is 213 Å². The van der Waals surface area contributed by atoms with Crippen molar-refractivity contribution in [1.29, 1.82) is 0 Å². The van der Waals surface area contributed by atoms with E-state index in [2.05, 4.69) is 105 Å². The number of quaternary nitrogens is 1. The Morgan fingerprint density at radius 2 is 0.928 bits per heavy atom. The van der Waals surface area contributed by atoms with Crippen molar-refractivity contribution in [2.75, 3.05) is 40.9 Å². The molecule has 10 heteroatoms. The highest BCUT2D eigenvalue weighted by molar-refractivity contribution is 7.47. The molecular formula is C59H102N2O7P+. The minimum absolute atomic E-state index is 0.0144. The van der Waals surface area contributed by atoms with E-state index < -0.39 is 25.9 Å². The molecular weight excluding hydrogens is 880 g/mol. The van der Waals surface area contributed by atoms with E-state index in [-0.39, 0.29) is 32.0 Å². The van der Waals surface area contributed by atoms with Crippen molar-refractivity contribution < 1.29 is 37.3 Å². The molecule has 0 fully saturated rings. The molecule has 394 valence electrons. The summed E-state index contributed by atoms with van der Waals surface area (Å²) in [6.07, 6.45) is 65.5. The molecule has 0 bridgehead atoms. The molecule has 0 aliphatic heterocycles. The Bertz CT molecular complexity index is 1550. The topological polar surface area (TPSA) is 111 Å². The van der Waals surface area contributed by atoms with E-state index in [0.29, 0.717) is 23.9 Å². The van der Waals surface area contributed by atoms with Gasteiger partial charge in [-0.05, 0) is 89.5 Å². The molecule has 0 saturated heterocycles. The van der Waals surface area contributed by atoms with E-state index in [1.54, 1.807) is 6.08 Å². The lowest BCUT2D eigenvalue weighted by molar-refractivity contribution is -0.870. The molecule has 0 spiro atoms. The van der Waals surface area contributed by atoms with E-state index in [1.165, 1.54) is 83.5 Å². The minimum atomic E-state index is -4.48. The first kappa shape index (κ1) is 65.7. The fourth-order valence-corrected chi connectivity index (χ4v) is 7.75.